The smallest absolute Gasteiger partial charge is 0.142 e. The summed E-state index contributed by atoms with van der Waals surface area (Å²) < 4.78 is 0. The second-order valence-corrected chi connectivity index (χ2v) is 5.40. The minimum absolute atomic E-state index is 0.103. The van der Waals surface area contributed by atoms with Gasteiger partial charge >= 0.3 is 0 Å². The summed E-state index contributed by atoms with van der Waals surface area (Å²) in [6.45, 7) is 1.89. The molecule has 17 heavy (non-hydrogen) atoms. The highest BCUT2D eigenvalue weighted by molar-refractivity contribution is 7.15. The van der Waals surface area contributed by atoms with E-state index in [4.69, 9.17) is 5.73 Å². The summed E-state index contributed by atoms with van der Waals surface area (Å²) in [5.41, 5.74) is 8.06. The average Bonchev–Trinajstić information content (AvgIpc) is 2.74. The standard InChI is InChI=1S/C12H14N4S/c1-7-14-6-5-9(15-7)12-16-11-8(13)3-2-4-10(11)17-12/h5-6,8H,2-4,13H2,1H3. The van der Waals surface area contributed by atoms with Gasteiger partial charge < -0.3 is 5.73 Å². The fourth-order valence-corrected chi connectivity index (χ4v) is 3.28. The highest BCUT2D eigenvalue weighted by Crippen LogP contribution is 2.35. The summed E-state index contributed by atoms with van der Waals surface area (Å²) in [6, 6.07) is 2.01. The Bertz CT molecular complexity index is 549. The lowest BCUT2D eigenvalue weighted by molar-refractivity contribution is 0.564. The number of hydrogen-bond acceptors (Lipinski definition) is 5. The van der Waals surface area contributed by atoms with Crippen LogP contribution in [0.1, 0.15) is 35.3 Å². The van der Waals surface area contributed by atoms with Crippen molar-refractivity contribution in [2.45, 2.75) is 32.2 Å². The molecule has 0 bridgehead atoms. The molecule has 0 saturated heterocycles. The SMILES string of the molecule is Cc1nccc(-c2nc3c(s2)CCCC3N)n1. The lowest BCUT2D eigenvalue weighted by atomic mass is 9.99. The minimum Gasteiger partial charge on any atom is -0.323 e. The summed E-state index contributed by atoms with van der Waals surface area (Å²) in [5.74, 6) is 0.778. The molecular weight excluding hydrogens is 232 g/mol. The van der Waals surface area contributed by atoms with Gasteiger partial charge in [-0.25, -0.2) is 15.0 Å². The van der Waals surface area contributed by atoms with E-state index in [1.54, 1.807) is 17.5 Å². The Morgan fingerprint density at radius 2 is 2.29 bits per heavy atom. The molecule has 0 saturated carbocycles. The molecule has 1 atom stereocenters. The van der Waals surface area contributed by atoms with Gasteiger partial charge in [0.2, 0.25) is 0 Å². The van der Waals surface area contributed by atoms with Crippen LogP contribution in [0.4, 0.5) is 0 Å². The molecule has 0 fully saturated rings. The Labute approximate surface area is 104 Å². The number of fused-ring (bicyclic) bond motifs is 1. The van der Waals surface area contributed by atoms with E-state index < -0.39 is 0 Å². The number of nitrogens with two attached hydrogens (primary N) is 1. The molecule has 1 aliphatic carbocycles. The van der Waals surface area contributed by atoms with Gasteiger partial charge in [0.1, 0.15) is 16.5 Å². The lowest BCUT2D eigenvalue weighted by Crippen LogP contribution is -2.16. The zero-order valence-corrected chi connectivity index (χ0v) is 10.5. The van der Waals surface area contributed by atoms with E-state index in [1.807, 2.05) is 13.0 Å². The topological polar surface area (TPSA) is 64.7 Å². The Hall–Kier alpha value is -1.33. The van der Waals surface area contributed by atoms with Crippen LogP contribution in [0.25, 0.3) is 10.7 Å². The molecule has 3 rings (SSSR count). The van der Waals surface area contributed by atoms with Gasteiger partial charge in [-0.2, -0.15) is 0 Å². The fourth-order valence-electron chi connectivity index (χ4n) is 2.14. The van der Waals surface area contributed by atoms with Crippen molar-refractivity contribution in [3.05, 3.63) is 28.7 Å². The van der Waals surface area contributed by atoms with Gasteiger partial charge in [-0.15, -0.1) is 11.3 Å². The van der Waals surface area contributed by atoms with E-state index >= 15 is 0 Å². The number of thiazole rings is 1. The van der Waals surface area contributed by atoms with Gasteiger partial charge in [0, 0.05) is 17.1 Å². The molecule has 0 aliphatic heterocycles. The van der Waals surface area contributed by atoms with E-state index in [0.29, 0.717) is 0 Å². The van der Waals surface area contributed by atoms with Crippen molar-refractivity contribution in [3.63, 3.8) is 0 Å². The second kappa shape index (κ2) is 4.16. The highest BCUT2D eigenvalue weighted by atomic mass is 32.1. The summed E-state index contributed by atoms with van der Waals surface area (Å²) in [4.78, 5) is 14.5. The Balaban J connectivity index is 2.05. The highest BCUT2D eigenvalue weighted by Gasteiger charge is 2.22. The third kappa shape index (κ3) is 1.96. The molecule has 0 aromatic carbocycles. The first-order chi connectivity index (χ1) is 8.24. The van der Waals surface area contributed by atoms with Crippen molar-refractivity contribution >= 4 is 11.3 Å². The van der Waals surface area contributed by atoms with Crippen molar-refractivity contribution in [1.29, 1.82) is 0 Å². The van der Waals surface area contributed by atoms with Gasteiger partial charge in [-0.3, -0.25) is 0 Å². The Morgan fingerprint density at radius 1 is 1.41 bits per heavy atom. The molecule has 2 aromatic heterocycles. The van der Waals surface area contributed by atoms with Crippen LogP contribution in [-0.4, -0.2) is 15.0 Å². The van der Waals surface area contributed by atoms with Gasteiger partial charge in [-0.05, 0) is 32.3 Å². The van der Waals surface area contributed by atoms with Crippen LogP contribution in [0, 0.1) is 6.92 Å². The maximum absolute atomic E-state index is 6.08. The number of aryl methyl sites for hydroxylation is 2. The molecule has 4 nitrogen and oxygen atoms in total. The first-order valence-corrected chi connectivity index (χ1v) is 6.61. The van der Waals surface area contributed by atoms with Gasteiger partial charge in [0.15, 0.2) is 0 Å². The molecule has 88 valence electrons. The third-order valence-corrected chi connectivity index (χ3v) is 4.15. The summed E-state index contributed by atoms with van der Waals surface area (Å²) in [6.07, 6.45) is 5.08. The van der Waals surface area contributed by atoms with Crippen LogP contribution < -0.4 is 5.73 Å². The maximum atomic E-state index is 6.08. The predicted octanol–water partition coefficient (Wildman–Crippen LogP) is 2.24. The molecule has 0 radical (unpaired) electrons. The van der Waals surface area contributed by atoms with Crippen molar-refractivity contribution < 1.29 is 0 Å². The van der Waals surface area contributed by atoms with E-state index in [9.17, 15) is 0 Å². The molecule has 2 aromatic rings. The average molecular weight is 246 g/mol. The van der Waals surface area contributed by atoms with E-state index in [0.717, 1.165) is 35.1 Å². The van der Waals surface area contributed by atoms with Gasteiger partial charge in [-0.1, -0.05) is 0 Å². The minimum atomic E-state index is 0.103. The van der Waals surface area contributed by atoms with E-state index in [2.05, 4.69) is 15.0 Å². The first-order valence-electron chi connectivity index (χ1n) is 5.79. The fraction of sp³-hybridized carbons (Fsp3) is 0.417. The first kappa shape index (κ1) is 10.8. The Morgan fingerprint density at radius 3 is 3.06 bits per heavy atom. The zero-order chi connectivity index (χ0) is 11.8. The van der Waals surface area contributed by atoms with Gasteiger partial charge in [0.05, 0.1) is 5.69 Å². The second-order valence-electron chi connectivity index (χ2n) is 4.32. The van der Waals surface area contributed by atoms with E-state index in [-0.39, 0.29) is 6.04 Å². The molecule has 5 heteroatoms. The molecule has 0 spiro atoms. The van der Waals surface area contributed by atoms with Crippen molar-refractivity contribution in [2.24, 2.45) is 5.73 Å². The molecule has 1 aliphatic rings. The van der Waals surface area contributed by atoms with Crippen LogP contribution in [0.15, 0.2) is 12.3 Å². The number of hydrogen-bond donors (Lipinski definition) is 1. The monoisotopic (exact) mass is 246 g/mol. The number of rotatable bonds is 1. The quantitative estimate of drug-likeness (QED) is 0.838. The zero-order valence-electron chi connectivity index (χ0n) is 9.68. The van der Waals surface area contributed by atoms with Crippen LogP contribution in [0.2, 0.25) is 0 Å². The Kier molecular flexibility index (Phi) is 2.64. The van der Waals surface area contributed by atoms with Crippen LogP contribution in [0.3, 0.4) is 0 Å². The van der Waals surface area contributed by atoms with Crippen molar-refractivity contribution in [3.8, 4) is 10.7 Å². The summed E-state index contributed by atoms with van der Waals surface area (Å²) in [5, 5.41) is 0.970. The van der Waals surface area contributed by atoms with Crippen LogP contribution in [0.5, 0.6) is 0 Å². The summed E-state index contributed by atoms with van der Waals surface area (Å²) in [7, 11) is 0. The normalized spacial score (nSPS) is 19.1. The third-order valence-electron chi connectivity index (χ3n) is 2.99. The van der Waals surface area contributed by atoms with Gasteiger partial charge in [0.25, 0.3) is 0 Å². The van der Waals surface area contributed by atoms with Crippen LogP contribution in [-0.2, 0) is 6.42 Å². The molecule has 1 unspecified atom stereocenters. The molecule has 0 amide bonds. The largest absolute Gasteiger partial charge is 0.323 e. The van der Waals surface area contributed by atoms with Crippen molar-refractivity contribution in [1.82, 2.24) is 15.0 Å². The molecule has 2 N–H and O–H groups in total. The number of nitrogens with zero attached hydrogens (tertiary/aromatic N) is 3. The molecule has 2 heterocycles. The van der Waals surface area contributed by atoms with E-state index in [1.165, 1.54) is 11.3 Å². The lowest BCUT2D eigenvalue weighted by Gasteiger charge is -2.15. The summed E-state index contributed by atoms with van der Waals surface area (Å²) >= 11 is 1.72. The van der Waals surface area contributed by atoms with Crippen molar-refractivity contribution in [2.75, 3.05) is 0 Å². The maximum Gasteiger partial charge on any atom is 0.142 e. The van der Waals surface area contributed by atoms with Crippen LogP contribution >= 0.6 is 11.3 Å². The predicted molar refractivity (Wildman–Crippen MR) is 67.7 cm³/mol. The molecular formula is C12H14N4S. The number of aromatic nitrogens is 3.